The van der Waals surface area contributed by atoms with Crippen LogP contribution in [0.2, 0.25) is 0 Å². The SMILES string of the molecule is O=C(CCl)Nc1ccccc1Sc1ccc([N+](=O)[O-])cc1[N+](=O)[O-]. The number of para-hydroxylation sites is 1. The molecule has 24 heavy (non-hydrogen) atoms. The molecule has 1 amide bonds. The van der Waals surface area contributed by atoms with E-state index in [1.807, 2.05) is 0 Å². The van der Waals surface area contributed by atoms with Crippen LogP contribution in [0.4, 0.5) is 17.1 Å². The molecule has 0 radical (unpaired) electrons. The molecule has 2 aromatic rings. The number of hydrogen-bond donors (Lipinski definition) is 1. The molecule has 2 aromatic carbocycles. The van der Waals surface area contributed by atoms with Gasteiger partial charge in [0.25, 0.3) is 11.4 Å². The largest absolute Gasteiger partial charge is 0.324 e. The van der Waals surface area contributed by atoms with Gasteiger partial charge in [0.2, 0.25) is 5.91 Å². The highest BCUT2D eigenvalue weighted by Gasteiger charge is 2.21. The van der Waals surface area contributed by atoms with Crippen LogP contribution in [0.3, 0.4) is 0 Å². The summed E-state index contributed by atoms with van der Waals surface area (Å²) in [5.74, 6) is -0.639. The summed E-state index contributed by atoms with van der Waals surface area (Å²) in [6.45, 7) is 0. The molecule has 0 saturated heterocycles. The third kappa shape index (κ3) is 4.21. The van der Waals surface area contributed by atoms with Gasteiger partial charge in [0.1, 0.15) is 5.88 Å². The van der Waals surface area contributed by atoms with E-state index < -0.39 is 15.8 Å². The second-order valence-corrected chi connectivity index (χ2v) is 5.80. The van der Waals surface area contributed by atoms with Crippen molar-refractivity contribution in [2.24, 2.45) is 0 Å². The Kier molecular flexibility index (Phi) is 5.72. The number of carbonyl (C=O) groups excluding carboxylic acids is 1. The summed E-state index contributed by atoms with van der Waals surface area (Å²) in [6, 6.07) is 10.1. The first-order valence-electron chi connectivity index (χ1n) is 6.48. The molecule has 0 saturated carbocycles. The topological polar surface area (TPSA) is 115 Å². The second-order valence-electron chi connectivity index (χ2n) is 4.45. The van der Waals surface area contributed by atoms with Crippen molar-refractivity contribution in [1.29, 1.82) is 0 Å². The number of amides is 1. The molecule has 8 nitrogen and oxygen atoms in total. The summed E-state index contributed by atoms with van der Waals surface area (Å²) < 4.78 is 0. The highest BCUT2D eigenvalue weighted by Crippen LogP contribution is 2.39. The van der Waals surface area contributed by atoms with Gasteiger partial charge in [-0.05, 0) is 18.2 Å². The number of rotatable bonds is 6. The molecule has 124 valence electrons. The van der Waals surface area contributed by atoms with Gasteiger partial charge in [-0.2, -0.15) is 0 Å². The molecule has 0 heterocycles. The number of nitro groups is 2. The first kappa shape index (κ1) is 17.7. The maximum atomic E-state index is 11.4. The number of anilines is 1. The Balaban J connectivity index is 2.39. The van der Waals surface area contributed by atoms with Crippen LogP contribution in [0.15, 0.2) is 52.3 Å². The van der Waals surface area contributed by atoms with Crippen molar-refractivity contribution in [1.82, 2.24) is 0 Å². The van der Waals surface area contributed by atoms with Crippen LogP contribution in [-0.4, -0.2) is 21.6 Å². The van der Waals surface area contributed by atoms with Gasteiger partial charge in [-0.25, -0.2) is 0 Å². The fraction of sp³-hybridized carbons (Fsp3) is 0.0714. The summed E-state index contributed by atoms with van der Waals surface area (Å²) in [7, 11) is 0. The number of nitrogens with one attached hydrogen (secondary N) is 1. The van der Waals surface area contributed by atoms with Crippen molar-refractivity contribution < 1.29 is 14.6 Å². The van der Waals surface area contributed by atoms with E-state index in [4.69, 9.17) is 11.6 Å². The molecule has 0 aliphatic carbocycles. The number of non-ortho nitro benzene ring substituents is 1. The van der Waals surface area contributed by atoms with Gasteiger partial charge in [-0.1, -0.05) is 23.9 Å². The summed E-state index contributed by atoms with van der Waals surface area (Å²) in [6.07, 6.45) is 0. The smallest absolute Gasteiger partial charge is 0.290 e. The average molecular weight is 368 g/mol. The molecular weight excluding hydrogens is 358 g/mol. The quantitative estimate of drug-likeness (QED) is 0.471. The Morgan fingerprint density at radius 3 is 2.42 bits per heavy atom. The Bertz CT molecular complexity index is 815. The van der Waals surface area contributed by atoms with E-state index in [1.165, 1.54) is 12.1 Å². The monoisotopic (exact) mass is 367 g/mol. The lowest BCUT2D eigenvalue weighted by atomic mass is 10.3. The lowest BCUT2D eigenvalue weighted by Gasteiger charge is -2.10. The third-order valence-corrected chi connectivity index (χ3v) is 4.24. The molecule has 0 bridgehead atoms. The minimum atomic E-state index is -0.698. The number of carbonyl (C=O) groups is 1. The van der Waals surface area contributed by atoms with Gasteiger partial charge in [0, 0.05) is 11.0 Å². The lowest BCUT2D eigenvalue weighted by Crippen LogP contribution is -2.13. The molecule has 0 spiro atoms. The van der Waals surface area contributed by atoms with Crippen LogP contribution in [0.1, 0.15) is 0 Å². The summed E-state index contributed by atoms with van der Waals surface area (Å²) in [4.78, 5) is 32.8. The second kappa shape index (κ2) is 7.75. The van der Waals surface area contributed by atoms with Gasteiger partial charge < -0.3 is 5.32 Å². The average Bonchev–Trinajstić information content (AvgIpc) is 2.56. The van der Waals surface area contributed by atoms with Gasteiger partial charge in [0.15, 0.2) is 0 Å². The molecule has 0 unspecified atom stereocenters. The van der Waals surface area contributed by atoms with Crippen LogP contribution in [-0.2, 0) is 4.79 Å². The number of halogens is 1. The fourth-order valence-electron chi connectivity index (χ4n) is 1.81. The van der Waals surface area contributed by atoms with Crippen LogP contribution in [0.25, 0.3) is 0 Å². The maximum Gasteiger partial charge on any atom is 0.290 e. The van der Waals surface area contributed by atoms with Gasteiger partial charge in [-0.15, -0.1) is 11.6 Å². The minimum absolute atomic E-state index is 0.221. The van der Waals surface area contributed by atoms with E-state index in [9.17, 15) is 25.0 Å². The van der Waals surface area contributed by atoms with Crippen LogP contribution < -0.4 is 5.32 Å². The van der Waals surface area contributed by atoms with Crippen molar-refractivity contribution in [3.63, 3.8) is 0 Å². The van der Waals surface area contributed by atoms with E-state index in [2.05, 4.69) is 5.32 Å². The molecule has 0 aromatic heterocycles. The number of benzene rings is 2. The minimum Gasteiger partial charge on any atom is -0.324 e. The highest BCUT2D eigenvalue weighted by atomic mass is 35.5. The molecule has 1 N–H and O–H groups in total. The first-order valence-corrected chi connectivity index (χ1v) is 7.83. The number of nitrogens with zero attached hydrogens (tertiary/aromatic N) is 2. The Hall–Kier alpha value is -2.65. The van der Waals surface area contributed by atoms with Crippen molar-refractivity contribution in [2.45, 2.75) is 9.79 Å². The van der Waals surface area contributed by atoms with E-state index >= 15 is 0 Å². The summed E-state index contributed by atoms with van der Waals surface area (Å²) in [5, 5.41) is 24.5. The van der Waals surface area contributed by atoms with E-state index in [-0.39, 0.29) is 22.2 Å². The summed E-state index contributed by atoms with van der Waals surface area (Å²) >= 11 is 6.48. The Morgan fingerprint density at radius 1 is 1.08 bits per heavy atom. The zero-order chi connectivity index (χ0) is 17.7. The van der Waals surface area contributed by atoms with Crippen molar-refractivity contribution in [2.75, 3.05) is 11.2 Å². The van der Waals surface area contributed by atoms with E-state index in [0.29, 0.717) is 10.6 Å². The molecule has 10 heteroatoms. The van der Waals surface area contributed by atoms with Crippen molar-refractivity contribution in [3.8, 4) is 0 Å². The Morgan fingerprint density at radius 2 is 1.79 bits per heavy atom. The number of hydrogen-bond acceptors (Lipinski definition) is 6. The lowest BCUT2D eigenvalue weighted by molar-refractivity contribution is -0.396. The van der Waals surface area contributed by atoms with Gasteiger partial charge in [0.05, 0.1) is 26.5 Å². The molecule has 2 rings (SSSR count). The normalized spacial score (nSPS) is 10.2. The van der Waals surface area contributed by atoms with Crippen molar-refractivity contribution >= 4 is 46.3 Å². The zero-order valence-corrected chi connectivity index (χ0v) is 13.5. The van der Waals surface area contributed by atoms with Crippen molar-refractivity contribution in [3.05, 3.63) is 62.7 Å². The molecule has 0 fully saturated rings. The number of alkyl halides is 1. The first-order chi connectivity index (χ1) is 11.4. The highest BCUT2D eigenvalue weighted by molar-refractivity contribution is 7.99. The maximum absolute atomic E-state index is 11.4. The predicted octanol–water partition coefficient (Wildman–Crippen LogP) is 3.83. The predicted molar refractivity (Wildman–Crippen MR) is 89.7 cm³/mol. The van der Waals surface area contributed by atoms with Gasteiger partial charge in [-0.3, -0.25) is 25.0 Å². The van der Waals surface area contributed by atoms with Crippen LogP contribution in [0, 0.1) is 20.2 Å². The fourth-order valence-corrected chi connectivity index (χ4v) is 2.86. The zero-order valence-electron chi connectivity index (χ0n) is 12.0. The van der Waals surface area contributed by atoms with Gasteiger partial charge >= 0.3 is 0 Å². The number of nitro benzene ring substituents is 2. The molecule has 0 aliphatic rings. The summed E-state index contributed by atoms with van der Waals surface area (Å²) in [5.41, 5.74) is -0.303. The van der Waals surface area contributed by atoms with E-state index in [1.54, 1.807) is 24.3 Å². The Labute approximate surface area is 145 Å². The molecule has 0 aliphatic heterocycles. The van der Waals surface area contributed by atoms with E-state index in [0.717, 1.165) is 17.8 Å². The van der Waals surface area contributed by atoms with Crippen LogP contribution >= 0.6 is 23.4 Å². The molecular formula is C14H10ClN3O5S. The standard InChI is InChI=1S/C14H10ClN3O5S/c15-8-14(19)16-10-3-1-2-4-12(10)24-13-6-5-9(17(20)21)7-11(13)18(22)23/h1-7H,8H2,(H,16,19). The molecule has 0 atom stereocenters. The van der Waals surface area contributed by atoms with Crippen LogP contribution in [0.5, 0.6) is 0 Å². The third-order valence-electron chi connectivity index (χ3n) is 2.85.